The van der Waals surface area contributed by atoms with Crippen molar-refractivity contribution in [3.63, 3.8) is 0 Å². The van der Waals surface area contributed by atoms with Crippen LogP contribution in [0.25, 0.3) is 10.7 Å². The van der Waals surface area contributed by atoms with Crippen LogP contribution in [0.4, 0.5) is 5.69 Å². The van der Waals surface area contributed by atoms with Crippen LogP contribution in [-0.2, 0) is 16.1 Å². The summed E-state index contributed by atoms with van der Waals surface area (Å²) in [5.74, 6) is 0.771. The van der Waals surface area contributed by atoms with Crippen LogP contribution in [0.3, 0.4) is 0 Å². The summed E-state index contributed by atoms with van der Waals surface area (Å²) in [7, 11) is 1.58. The molecule has 3 aromatic rings. The van der Waals surface area contributed by atoms with Crippen molar-refractivity contribution in [3.8, 4) is 10.7 Å². The molecular weight excluding hydrogens is 442 g/mol. The van der Waals surface area contributed by atoms with Gasteiger partial charge in [-0.05, 0) is 49.5 Å². The van der Waals surface area contributed by atoms with Gasteiger partial charge in [0.05, 0.1) is 29.3 Å². The predicted octanol–water partition coefficient (Wildman–Crippen LogP) is 3.03. The van der Waals surface area contributed by atoms with Gasteiger partial charge in [0.15, 0.2) is 0 Å². The molecule has 1 aliphatic heterocycles. The van der Waals surface area contributed by atoms with Crippen LogP contribution in [0.15, 0.2) is 46.3 Å². The first-order valence-electron chi connectivity index (χ1n) is 10.9. The molecule has 0 saturated carbocycles. The number of likely N-dealkylation sites (tertiary alicyclic amines) is 1. The summed E-state index contributed by atoms with van der Waals surface area (Å²) in [6.07, 6.45) is 1.44. The van der Waals surface area contributed by atoms with Gasteiger partial charge in [0.1, 0.15) is 0 Å². The SMILES string of the molecule is COCCNC(=O)c1ccccc1NC(=O)C1CCN(Cc2nc(-c3cccs3)no2)CC1. The van der Waals surface area contributed by atoms with E-state index in [4.69, 9.17) is 9.26 Å². The highest BCUT2D eigenvalue weighted by Crippen LogP contribution is 2.24. The molecule has 9 nitrogen and oxygen atoms in total. The number of rotatable bonds is 9. The molecule has 1 saturated heterocycles. The van der Waals surface area contributed by atoms with Gasteiger partial charge in [-0.2, -0.15) is 4.98 Å². The summed E-state index contributed by atoms with van der Waals surface area (Å²) in [5, 5.41) is 11.8. The molecule has 174 valence electrons. The van der Waals surface area contributed by atoms with E-state index in [0.29, 0.717) is 42.7 Å². The first kappa shape index (κ1) is 23.1. The number of hydrogen-bond donors (Lipinski definition) is 2. The Morgan fingerprint density at radius 2 is 2.03 bits per heavy atom. The van der Waals surface area contributed by atoms with Crippen molar-refractivity contribution < 1.29 is 18.8 Å². The number of piperidine rings is 1. The highest BCUT2D eigenvalue weighted by Gasteiger charge is 2.27. The van der Waals surface area contributed by atoms with E-state index >= 15 is 0 Å². The lowest BCUT2D eigenvalue weighted by Crippen LogP contribution is -2.38. The summed E-state index contributed by atoms with van der Waals surface area (Å²) < 4.78 is 10.4. The normalized spacial score (nSPS) is 14.8. The number of methoxy groups -OCH3 is 1. The highest BCUT2D eigenvalue weighted by molar-refractivity contribution is 7.13. The Bertz CT molecular complexity index is 1060. The van der Waals surface area contributed by atoms with Gasteiger partial charge >= 0.3 is 0 Å². The van der Waals surface area contributed by atoms with Crippen molar-refractivity contribution in [2.24, 2.45) is 5.92 Å². The van der Waals surface area contributed by atoms with Crippen LogP contribution in [0.5, 0.6) is 0 Å². The van der Waals surface area contributed by atoms with Gasteiger partial charge in [0.2, 0.25) is 17.6 Å². The monoisotopic (exact) mass is 469 g/mol. The molecule has 2 N–H and O–H groups in total. The Kier molecular flexibility index (Phi) is 7.82. The van der Waals surface area contributed by atoms with E-state index in [1.165, 1.54) is 0 Å². The largest absolute Gasteiger partial charge is 0.383 e. The quantitative estimate of drug-likeness (QED) is 0.464. The number of benzene rings is 1. The molecule has 0 spiro atoms. The van der Waals surface area contributed by atoms with Crippen molar-refractivity contribution in [3.05, 3.63) is 53.2 Å². The first-order valence-corrected chi connectivity index (χ1v) is 11.8. The third kappa shape index (κ3) is 6.04. The van der Waals surface area contributed by atoms with Gasteiger partial charge in [0, 0.05) is 19.6 Å². The number of nitrogens with one attached hydrogen (secondary N) is 2. The molecule has 4 rings (SSSR count). The van der Waals surface area contributed by atoms with Crippen molar-refractivity contribution in [1.82, 2.24) is 20.4 Å². The standard InChI is InChI=1S/C23H27N5O4S/c1-31-13-10-24-23(30)17-5-2-3-6-18(17)25-22(29)16-8-11-28(12-9-16)15-20-26-21(27-32-20)19-7-4-14-33-19/h2-7,14,16H,8-13,15H2,1H3,(H,24,30)(H,25,29). The second kappa shape index (κ2) is 11.2. The average Bonchev–Trinajstić information content (AvgIpc) is 3.52. The van der Waals surface area contributed by atoms with Gasteiger partial charge in [-0.25, -0.2) is 0 Å². The van der Waals surface area contributed by atoms with Gasteiger partial charge < -0.3 is 19.9 Å². The van der Waals surface area contributed by atoms with E-state index in [9.17, 15) is 9.59 Å². The van der Waals surface area contributed by atoms with Gasteiger partial charge in [0.25, 0.3) is 5.91 Å². The number of ether oxygens (including phenoxy) is 1. The highest BCUT2D eigenvalue weighted by atomic mass is 32.1. The zero-order valence-electron chi connectivity index (χ0n) is 18.5. The summed E-state index contributed by atoms with van der Waals surface area (Å²) in [6, 6.07) is 11.0. The number of aromatic nitrogens is 2. The second-order valence-corrected chi connectivity index (χ2v) is 8.77. The Labute approximate surface area is 196 Å². The Balaban J connectivity index is 1.28. The van der Waals surface area contributed by atoms with E-state index in [1.54, 1.807) is 42.7 Å². The maximum Gasteiger partial charge on any atom is 0.253 e. The third-order valence-corrected chi connectivity index (χ3v) is 6.41. The molecule has 1 fully saturated rings. The average molecular weight is 470 g/mol. The molecule has 2 amide bonds. The van der Waals surface area contributed by atoms with Crippen molar-refractivity contribution in [1.29, 1.82) is 0 Å². The molecule has 33 heavy (non-hydrogen) atoms. The fourth-order valence-corrected chi connectivity index (χ4v) is 4.41. The van der Waals surface area contributed by atoms with Crippen molar-refractivity contribution in [2.45, 2.75) is 19.4 Å². The number of anilines is 1. The zero-order chi connectivity index (χ0) is 23.0. The molecule has 10 heteroatoms. The smallest absolute Gasteiger partial charge is 0.253 e. The van der Waals surface area contributed by atoms with Crippen molar-refractivity contribution >= 4 is 28.8 Å². The Morgan fingerprint density at radius 1 is 1.21 bits per heavy atom. The summed E-state index contributed by atoms with van der Waals surface area (Å²) in [4.78, 5) is 33.0. The number of hydrogen-bond acceptors (Lipinski definition) is 8. The number of thiophene rings is 1. The van der Waals surface area contributed by atoms with E-state index in [1.807, 2.05) is 17.5 Å². The molecule has 0 unspecified atom stereocenters. The minimum Gasteiger partial charge on any atom is -0.383 e. The summed E-state index contributed by atoms with van der Waals surface area (Å²) in [6.45, 7) is 2.92. The van der Waals surface area contributed by atoms with Crippen LogP contribution in [0.1, 0.15) is 29.1 Å². The lowest BCUT2D eigenvalue weighted by atomic mass is 9.95. The van der Waals surface area contributed by atoms with E-state index in [0.717, 1.165) is 30.8 Å². The number of carbonyl (C=O) groups excluding carboxylic acids is 2. The molecule has 0 aliphatic carbocycles. The zero-order valence-corrected chi connectivity index (χ0v) is 19.3. The Morgan fingerprint density at radius 3 is 2.79 bits per heavy atom. The van der Waals surface area contributed by atoms with Crippen LogP contribution < -0.4 is 10.6 Å². The number of nitrogens with zero attached hydrogens (tertiary/aromatic N) is 3. The van der Waals surface area contributed by atoms with Gasteiger partial charge in [-0.15, -0.1) is 11.3 Å². The van der Waals surface area contributed by atoms with Crippen LogP contribution >= 0.6 is 11.3 Å². The maximum atomic E-state index is 12.9. The van der Waals surface area contributed by atoms with Crippen LogP contribution in [0, 0.1) is 5.92 Å². The van der Waals surface area contributed by atoms with Gasteiger partial charge in [-0.3, -0.25) is 14.5 Å². The minimum absolute atomic E-state index is 0.0652. The first-order chi connectivity index (χ1) is 16.1. The van der Waals surface area contributed by atoms with Crippen molar-refractivity contribution in [2.75, 3.05) is 38.7 Å². The fraction of sp³-hybridized carbons (Fsp3) is 0.391. The molecule has 0 radical (unpaired) electrons. The molecule has 1 aromatic carbocycles. The van der Waals surface area contributed by atoms with Gasteiger partial charge in [-0.1, -0.05) is 23.4 Å². The lowest BCUT2D eigenvalue weighted by molar-refractivity contribution is -0.121. The maximum absolute atomic E-state index is 12.9. The molecular formula is C23H27N5O4S. The lowest BCUT2D eigenvalue weighted by Gasteiger charge is -2.30. The minimum atomic E-state index is -0.237. The van der Waals surface area contributed by atoms with E-state index in [2.05, 4.69) is 25.7 Å². The molecule has 3 heterocycles. The third-order valence-electron chi connectivity index (χ3n) is 5.55. The molecule has 0 bridgehead atoms. The summed E-state index contributed by atoms with van der Waals surface area (Å²) in [5.41, 5.74) is 0.962. The number of para-hydroxylation sites is 1. The second-order valence-electron chi connectivity index (χ2n) is 7.82. The summed E-state index contributed by atoms with van der Waals surface area (Å²) >= 11 is 1.57. The topological polar surface area (TPSA) is 110 Å². The van der Waals surface area contributed by atoms with Crippen LogP contribution in [-0.4, -0.2) is 60.2 Å². The van der Waals surface area contributed by atoms with E-state index in [-0.39, 0.29) is 17.7 Å². The number of amides is 2. The fourth-order valence-electron chi connectivity index (χ4n) is 3.76. The van der Waals surface area contributed by atoms with Crippen LogP contribution in [0.2, 0.25) is 0 Å². The predicted molar refractivity (Wildman–Crippen MR) is 125 cm³/mol. The molecule has 1 aliphatic rings. The Hall–Kier alpha value is -3.08. The molecule has 0 atom stereocenters. The molecule has 2 aromatic heterocycles. The number of carbonyl (C=O) groups is 2. The van der Waals surface area contributed by atoms with E-state index < -0.39 is 0 Å².